The fourth-order valence-electron chi connectivity index (χ4n) is 2.71. The van der Waals surface area contributed by atoms with E-state index in [9.17, 15) is 9.59 Å². The molecule has 1 atom stereocenters. The number of benzene rings is 2. The average molecular weight is 464 g/mol. The fraction of sp³-hybridized carbons (Fsp3) is 0.364. The van der Waals surface area contributed by atoms with Gasteiger partial charge in [0.2, 0.25) is 6.04 Å². The molecule has 10 heteroatoms. The lowest BCUT2D eigenvalue weighted by Gasteiger charge is -2.19. The van der Waals surface area contributed by atoms with E-state index in [2.05, 4.69) is 10.2 Å². The molecular formula is C22H26ClN3O6. The second-order valence-electron chi connectivity index (χ2n) is 6.38. The molecule has 1 amide bonds. The van der Waals surface area contributed by atoms with Gasteiger partial charge >= 0.3 is 0 Å². The summed E-state index contributed by atoms with van der Waals surface area (Å²) in [4.78, 5) is 25.0. The molecule has 0 N–H and O–H groups in total. The summed E-state index contributed by atoms with van der Waals surface area (Å²) in [5, 5.41) is 7.94. The van der Waals surface area contributed by atoms with Crippen molar-refractivity contribution in [2.45, 2.75) is 26.8 Å². The molecule has 0 bridgehead atoms. The minimum atomic E-state index is -1.43. The number of azo groups is 1. The second kappa shape index (κ2) is 11.9. The number of anilines is 1. The average Bonchev–Trinajstić information content (AvgIpc) is 2.79. The molecule has 32 heavy (non-hydrogen) atoms. The molecule has 0 heterocycles. The van der Waals surface area contributed by atoms with Crippen LogP contribution >= 0.6 is 11.8 Å². The van der Waals surface area contributed by atoms with E-state index < -0.39 is 17.7 Å². The number of rotatable bonds is 11. The third-order valence-electron chi connectivity index (χ3n) is 4.22. The van der Waals surface area contributed by atoms with Crippen LogP contribution in [0.25, 0.3) is 0 Å². The Morgan fingerprint density at radius 1 is 0.938 bits per heavy atom. The maximum atomic E-state index is 12.9. The first-order valence-electron chi connectivity index (χ1n) is 9.88. The van der Waals surface area contributed by atoms with Gasteiger partial charge in [-0.1, -0.05) is 0 Å². The van der Waals surface area contributed by atoms with Crippen LogP contribution in [0.3, 0.4) is 0 Å². The zero-order valence-electron chi connectivity index (χ0n) is 18.6. The van der Waals surface area contributed by atoms with Gasteiger partial charge in [-0.15, -0.1) is 0 Å². The molecule has 0 aliphatic rings. The van der Waals surface area contributed by atoms with Crippen LogP contribution in [0.4, 0.5) is 11.4 Å². The third kappa shape index (κ3) is 6.10. The van der Waals surface area contributed by atoms with Gasteiger partial charge in [-0.25, -0.2) is 4.42 Å². The van der Waals surface area contributed by atoms with E-state index in [0.29, 0.717) is 47.6 Å². The zero-order valence-corrected chi connectivity index (χ0v) is 19.4. The number of nitrogens with zero attached hydrogens (tertiary/aromatic N) is 3. The van der Waals surface area contributed by atoms with E-state index in [0.717, 1.165) is 4.42 Å². The van der Waals surface area contributed by atoms with Crippen LogP contribution < -0.4 is 23.4 Å². The molecule has 0 aliphatic heterocycles. The Kier molecular flexibility index (Phi) is 9.27. The highest BCUT2D eigenvalue weighted by Gasteiger charge is 2.29. The Hall–Kier alpha value is -3.33. The summed E-state index contributed by atoms with van der Waals surface area (Å²) in [5.41, 5.74) is 0.679. The molecule has 0 saturated heterocycles. The van der Waals surface area contributed by atoms with Crippen LogP contribution in [0.1, 0.15) is 20.8 Å². The van der Waals surface area contributed by atoms with Crippen molar-refractivity contribution in [3.8, 4) is 23.0 Å². The van der Waals surface area contributed by atoms with E-state index in [1.807, 2.05) is 13.8 Å². The summed E-state index contributed by atoms with van der Waals surface area (Å²) in [7, 11) is 3.00. The number of ketones is 1. The van der Waals surface area contributed by atoms with Crippen molar-refractivity contribution in [2.24, 2.45) is 10.2 Å². The topological polar surface area (TPSA) is 99.0 Å². The Labute approximate surface area is 192 Å². The molecule has 0 fully saturated rings. The van der Waals surface area contributed by atoms with Crippen LogP contribution in [0.5, 0.6) is 23.0 Å². The van der Waals surface area contributed by atoms with Gasteiger partial charge in [0, 0.05) is 23.9 Å². The minimum absolute atomic E-state index is 0.302. The number of carbonyl (C=O) groups is 2. The van der Waals surface area contributed by atoms with Gasteiger partial charge in [-0.05, 0) is 45.0 Å². The summed E-state index contributed by atoms with van der Waals surface area (Å²) in [6.45, 7) is 5.76. The molecule has 2 rings (SSSR count). The lowest BCUT2D eigenvalue weighted by atomic mass is 10.2. The predicted octanol–water partition coefficient (Wildman–Crippen LogP) is 4.73. The minimum Gasteiger partial charge on any atom is -0.493 e. The molecule has 2 aromatic rings. The zero-order chi connectivity index (χ0) is 23.7. The normalized spacial score (nSPS) is 11.7. The van der Waals surface area contributed by atoms with Crippen LogP contribution in [0.2, 0.25) is 0 Å². The van der Waals surface area contributed by atoms with E-state index in [1.54, 1.807) is 36.4 Å². The lowest BCUT2D eigenvalue weighted by molar-refractivity contribution is -0.126. The van der Waals surface area contributed by atoms with Crippen LogP contribution in [0.15, 0.2) is 46.6 Å². The summed E-state index contributed by atoms with van der Waals surface area (Å²) in [6.07, 6.45) is 0. The van der Waals surface area contributed by atoms with Crippen molar-refractivity contribution in [3.05, 3.63) is 36.4 Å². The van der Waals surface area contributed by atoms with Crippen LogP contribution in [0, 0.1) is 0 Å². The van der Waals surface area contributed by atoms with E-state index in [4.69, 9.17) is 30.7 Å². The molecule has 0 aliphatic carbocycles. The molecule has 0 saturated carbocycles. The maximum Gasteiger partial charge on any atom is 0.276 e. The van der Waals surface area contributed by atoms with Crippen molar-refractivity contribution in [2.75, 3.05) is 31.9 Å². The maximum absolute atomic E-state index is 12.9. The number of Topliss-reactive ketones (excluding diaryl/α,β-unsaturated/α-hetero) is 1. The SMILES string of the molecule is CCOc1ccc(N(Cl)C(=O)C(N=Nc2ccc(OC)c(OC)c2)C(C)=O)cc1OCC. The van der Waals surface area contributed by atoms with Crippen molar-refractivity contribution in [1.82, 2.24) is 0 Å². The van der Waals surface area contributed by atoms with Crippen molar-refractivity contribution in [1.29, 1.82) is 0 Å². The molecular weight excluding hydrogens is 438 g/mol. The summed E-state index contributed by atoms with van der Waals surface area (Å²) in [6, 6.07) is 8.18. The molecule has 9 nitrogen and oxygen atoms in total. The highest BCUT2D eigenvalue weighted by Crippen LogP contribution is 2.34. The summed E-state index contributed by atoms with van der Waals surface area (Å²) < 4.78 is 22.3. The number of ether oxygens (including phenoxy) is 4. The third-order valence-corrected chi connectivity index (χ3v) is 4.58. The van der Waals surface area contributed by atoms with Gasteiger partial charge < -0.3 is 18.9 Å². The van der Waals surface area contributed by atoms with Gasteiger partial charge in [-0.2, -0.15) is 10.2 Å². The van der Waals surface area contributed by atoms with Gasteiger partial charge in [0.1, 0.15) is 0 Å². The molecule has 172 valence electrons. The number of methoxy groups -OCH3 is 2. The van der Waals surface area contributed by atoms with Crippen molar-refractivity contribution >= 4 is 34.8 Å². The number of halogens is 1. The van der Waals surface area contributed by atoms with Gasteiger partial charge in [0.25, 0.3) is 5.91 Å². The van der Waals surface area contributed by atoms with E-state index in [1.165, 1.54) is 21.1 Å². The highest BCUT2D eigenvalue weighted by molar-refractivity contribution is 6.39. The first-order valence-corrected chi connectivity index (χ1v) is 10.2. The summed E-state index contributed by atoms with van der Waals surface area (Å²) in [5.74, 6) is 0.629. The quantitative estimate of drug-likeness (QED) is 0.271. The second-order valence-corrected chi connectivity index (χ2v) is 6.72. The van der Waals surface area contributed by atoms with Crippen LogP contribution in [-0.4, -0.2) is 45.2 Å². The van der Waals surface area contributed by atoms with E-state index >= 15 is 0 Å². The first-order chi connectivity index (χ1) is 15.4. The highest BCUT2D eigenvalue weighted by atomic mass is 35.5. The van der Waals surface area contributed by atoms with E-state index in [-0.39, 0.29) is 0 Å². The fourth-order valence-corrected chi connectivity index (χ4v) is 2.91. The molecule has 0 spiro atoms. The first kappa shape index (κ1) is 24.9. The Bertz CT molecular complexity index is 982. The Morgan fingerprint density at radius 3 is 2.16 bits per heavy atom. The molecule has 1 unspecified atom stereocenters. The predicted molar refractivity (Wildman–Crippen MR) is 121 cm³/mol. The number of hydrogen-bond acceptors (Lipinski definition) is 8. The van der Waals surface area contributed by atoms with Crippen molar-refractivity contribution < 1.29 is 28.5 Å². The number of hydrogen-bond donors (Lipinski definition) is 0. The molecule has 0 aromatic heterocycles. The monoisotopic (exact) mass is 463 g/mol. The number of carbonyl (C=O) groups excluding carboxylic acids is 2. The Morgan fingerprint density at radius 2 is 1.56 bits per heavy atom. The van der Waals surface area contributed by atoms with Gasteiger partial charge in [0.15, 0.2) is 28.8 Å². The van der Waals surface area contributed by atoms with Gasteiger partial charge in [0.05, 0.1) is 38.8 Å². The molecule has 0 radical (unpaired) electrons. The summed E-state index contributed by atoms with van der Waals surface area (Å²) >= 11 is 6.26. The van der Waals surface area contributed by atoms with Crippen LogP contribution in [-0.2, 0) is 9.59 Å². The lowest BCUT2D eigenvalue weighted by Crippen LogP contribution is -2.36. The van der Waals surface area contributed by atoms with Gasteiger partial charge in [-0.3, -0.25) is 9.59 Å². The molecule has 2 aromatic carbocycles. The Balaban J connectivity index is 2.28. The van der Waals surface area contributed by atoms with Crippen molar-refractivity contribution in [3.63, 3.8) is 0 Å². The standard InChI is InChI=1S/C22H26ClN3O6/c1-6-31-18-11-9-16(13-20(18)32-7-2)26(23)22(28)21(14(3)27)25-24-15-8-10-17(29-4)19(12-15)30-5/h8-13,21H,6-7H2,1-5H3. The largest absolute Gasteiger partial charge is 0.493 e. The number of amides is 1. The smallest absolute Gasteiger partial charge is 0.276 e.